The van der Waals surface area contributed by atoms with E-state index in [1.165, 1.54) is 28.7 Å². The van der Waals surface area contributed by atoms with Gasteiger partial charge in [-0.05, 0) is 66.7 Å². The van der Waals surface area contributed by atoms with Crippen LogP contribution in [0.1, 0.15) is 52.9 Å². The predicted octanol–water partition coefficient (Wildman–Crippen LogP) is 6.07. The maximum Gasteiger partial charge on any atom is 0.0558 e. The maximum atomic E-state index is 9.81. The lowest BCUT2D eigenvalue weighted by Gasteiger charge is -2.36. The number of hydrogen-bond donors (Lipinski definition) is 1. The van der Waals surface area contributed by atoms with E-state index in [1.54, 1.807) is 0 Å². The van der Waals surface area contributed by atoms with Crippen molar-refractivity contribution in [2.45, 2.75) is 65.0 Å². The molecule has 1 heterocycles. The number of hydrogen-bond acceptors (Lipinski definition) is 2. The highest BCUT2D eigenvalue weighted by molar-refractivity contribution is 6.32. The predicted molar refractivity (Wildman–Crippen MR) is 123 cm³/mol. The molecule has 0 spiro atoms. The quantitative estimate of drug-likeness (QED) is 0.606. The largest absolute Gasteiger partial charge is 0.395 e. The van der Waals surface area contributed by atoms with Gasteiger partial charge in [-0.2, -0.15) is 0 Å². The number of fused-ring (bicyclic) bond motifs is 2. The van der Waals surface area contributed by atoms with E-state index in [1.807, 2.05) is 0 Å². The Hall–Kier alpha value is -1.35. The summed E-state index contributed by atoms with van der Waals surface area (Å²) in [5, 5.41) is 10.8. The van der Waals surface area contributed by atoms with Gasteiger partial charge in [-0.1, -0.05) is 68.0 Å². The summed E-state index contributed by atoms with van der Waals surface area (Å²) in [6.07, 6.45) is 21.8. The van der Waals surface area contributed by atoms with E-state index in [0.717, 1.165) is 30.7 Å². The van der Waals surface area contributed by atoms with Crippen LogP contribution in [0.2, 0.25) is 0 Å². The van der Waals surface area contributed by atoms with Crippen molar-refractivity contribution in [3.63, 3.8) is 0 Å². The van der Waals surface area contributed by atoms with Crippen molar-refractivity contribution in [2.24, 2.45) is 11.3 Å². The molecule has 156 valence electrons. The van der Waals surface area contributed by atoms with Crippen molar-refractivity contribution in [3.05, 3.63) is 69.9 Å². The van der Waals surface area contributed by atoms with Crippen molar-refractivity contribution in [2.75, 3.05) is 13.2 Å². The van der Waals surface area contributed by atoms with Gasteiger partial charge in [0.15, 0.2) is 0 Å². The Labute approximate surface area is 181 Å². The van der Waals surface area contributed by atoms with E-state index in [2.05, 4.69) is 68.2 Å². The molecule has 3 heteroatoms. The molecule has 1 N–H and O–H groups in total. The Kier molecular flexibility index (Phi) is 6.06. The van der Waals surface area contributed by atoms with Crippen LogP contribution in [-0.4, -0.2) is 35.2 Å². The molecule has 0 aromatic carbocycles. The Morgan fingerprint density at radius 3 is 2.83 bits per heavy atom. The van der Waals surface area contributed by atoms with Gasteiger partial charge in [0.2, 0.25) is 0 Å². The lowest BCUT2D eigenvalue weighted by atomic mass is 9.67. The normalized spacial score (nSPS) is 33.1. The summed E-state index contributed by atoms with van der Waals surface area (Å²) >= 11 is 6.69. The Balaban J connectivity index is 1.70. The van der Waals surface area contributed by atoms with Gasteiger partial charge in [0, 0.05) is 29.6 Å². The third kappa shape index (κ3) is 3.65. The van der Waals surface area contributed by atoms with Crippen molar-refractivity contribution in [3.8, 4) is 0 Å². The van der Waals surface area contributed by atoms with Gasteiger partial charge in [0.1, 0.15) is 0 Å². The van der Waals surface area contributed by atoms with Gasteiger partial charge < -0.3 is 5.11 Å². The van der Waals surface area contributed by atoms with Crippen molar-refractivity contribution < 1.29 is 5.11 Å². The number of rotatable bonds is 4. The zero-order chi connectivity index (χ0) is 20.6. The minimum atomic E-state index is 0.0779. The first kappa shape index (κ1) is 20.9. The third-order valence-corrected chi connectivity index (χ3v) is 7.85. The van der Waals surface area contributed by atoms with Crippen LogP contribution in [0.25, 0.3) is 0 Å². The average Bonchev–Trinajstić information content (AvgIpc) is 2.94. The molecule has 1 saturated heterocycles. The second-order valence-corrected chi connectivity index (χ2v) is 9.72. The van der Waals surface area contributed by atoms with E-state index < -0.39 is 0 Å². The van der Waals surface area contributed by atoms with Gasteiger partial charge in [-0.25, -0.2) is 0 Å². The number of halogens is 1. The van der Waals surface area contributed by atoms with Crippen LogP contribution in [0, 0.1) is 11.3 Å². The van der Waals surface area contributed by atoms with Crippen LogP contribution < -0.4 is 0 Å². The second-order valence-electron chi connectivity index (χ2n) is 9.34. The van der Waals surface area contributed by atoms with Crippen LogP contribution in [0.3, 0.4) is 0 Å². The summed E-state index contributed by atoms with van der Waals surface area (Å²) < 4.78 is 0. The van der Waals surface area contributed by atoms with Crippen molar-refractivity contribution in [1.82, 2.24) is 4.90 Å². The first-order chi connectivity index (χ1) is 14.0. The number of likely N-dealkylation sites (tertiary alicyclic amines) is 1. The topological polar surface area (TPSA) is 23.5 Å². The highest BCUT2D eigenvalue weighted by Gasteiger charge is 2.53. The molecule has 0 aromatic heterocycles. The average molecular weight is 412 g/mol. The van der Waals surface area contributed by atoms with Gasteiger partial charge in [0.05, 0.1) is 6.61 Å². The van der Waals surface area contributed by atoms with Crippen molar-refractivity contribution in [1.29, 1.82) is 0 Å². The Morgan fingerprint density at radius 2 is 2.07 bits per heavy atom. The van der Waals surface area contributed by atoms with Crippen LogP contribution in [0.4, 0.5) is 0 Å². The molecule has 1 aliphatic heterocycles. The fourth-order valence-corrected chi connectivity index (χ4v) is 6.29. The standard InChI is InChI=1S/C26H34ClNO/c1-4-18-9-7-10-20(25(18)27)13-15-23-26(2,3)24-21-11-6-5-8-19(21)12-14-22(24)28(23)16-17-29/h4,6,11-15,22-24,29H,5,7-10,16-17H2,1-3H3/b15-13+,18-4+. The molecular formula is C26H34ClNO. The van der Waals surface area contributed by atoms with E-state index in [-0.39, 0.29) is 18.1 Å². The SMILES string of the molecule is C/C=C1\CCCC(/C=C/C2N(CCO)C3C=CC4=C(C=CCC4)C3C2(C)C)=C1Cl. The summed E-state index contributed by atoms with van der Waals surface area (Å²) in [6.45, 7) is 7.76. The first-order valence-corrected chi connectivity index (χ1v) is 11.5. The smallest absolute Gasteiger partial charge is 0.0558 e. The zero-order valence-corrected chi connectivity index (χ0v) is 18.8. The van der Waals surface area contributed by atoms with Crippen molar-refractivity contribution >= 4 is 11.6 Å². The minimum Gasteiger partial charge on any atom is -0.395 e. The highest BCUT2D eigenvalue weighted by Crippen LogP contribution is 2.53. The molecular weight excluding hydrogens is 378 g/mol. The number of aliphatic hydroxyl groups is 1. The number of allylic oxidation sites excluding steroid dienone is 9. The Morgan fingerprint density at radius 1 is 1.24 bits per heavy atom. The van der Waals surface area contributed by atoms with Gasteiger partial charge in [0.25, 0.3) is 0 Å². The first-order valence-electron chi connectivity index (χ1n) is 11.2. The highest BCUT2D eigenvalue weighted by atomic mass is 35.5. The summed E-state index contributed by atoms with van der Waals surface area (Å²) in [5.74, 6) is 0.460. The van der Waals surface area contributed by atoms with E-state index in [0.29, 0.717) is 18.5 Å². The molecule has 0 radical (unpaired) electrons. The van der Waals surface area contributed by atoms with Gasteiger partial charge in [-0.15, -0.1) is 0 Å². The van der Waals surface area contributed by atoms with Gasteiger partial charge in [-0.3, -0.25) is 4.90 Å². The molecule has 3 atom stereocenters. The van der Waals surface area contributed by atoms with Gasteiger partial charge >= 0.3 is 0 Å². The fraction of sp³-hybridized carbons (Fsp3) is 0.538. The van der Waals surface area contributed by atoms with Crippen LogP contribution in [0.5, 0.6) is 0 Å². The molecule has 4 aliphatic rings. The number of β-amino-alcohol motifs (C(OH)–C–C–N with tert-alkyl or cyclic N) is 1. The molecule has 2 nitrogen and oxygen atoms in total. The van der Waals surface area contributed by atoms with Crippen LogP contribution >= 0.6 is 11.6 Å². The van der Waals surface area contributed by atoms with E-state index in [9.17, 15) is 5.11 Å². The summed E-state index contributed by atoms with van der Waals surface area (Å²) in [4.78, 5) is 2.50. The summed E-state index contributed by atoms with van der Waals surface area (Å²) in [7, 11) is 0. The molecule has 0 saturated carbocycles. The lowest BCUT2D eigenvalue weighted by molar-refractivity contribution is 0.159. The molecule has 3 unspecified atom stereocenters. The zero-order valence-electron chi connectivity index (χ0n) is 18.0. The molecule has 0 amide bonds. The van der Waals surface area contributed by atoms with Crippen LogP contribution in [0.15, 0.2) is 69.9 Å². The maximum absolute atomic E-state index is 9.81. The number of aliphatic hydroxyl groups excluding tert-OH is 1. The fourth-order valence-electron chi connectivity index (χ4n) is 5.93. The lowest BCUT2D eigenvalue weighted by Crippen LogP contribution is -2.39. The van der Waals surface area contributed by atoms with E-state index in [4.69, 9.17) is 11.6 Å². The molecule has 0 bridgehead atoms. The molecule has 29 heavy (non-hydrogen) atoms. The third-order valence-electron chi connectivity index (χ3n) is 7.37. The second kappa shape index (κ2) is 8.41. The minimum absolute atomic E-state index is 0.0779. The molecule has 4 rings (SSSR count). The monoisotopic (exact) mass is 411 g/mol. The molecule has 0 aromatic rings. The Bertz CT molecular complexity index is 839. The number of nitrogens with zero attached hydrogens (tertiary/aromatic N) is 1. The summed E-state index contributed by atoms with van der Waals surface area (Å²) in [6, 6.07) is 0.611. The van der Waals surface area contributed by atoms with E-state index >= 15 is 0 Å². The molecule has 3 aliphatic carbocycles. The van der Waals surface area contributed by atoms with Crippen LogP contribution in [-0.2, 0) is 0 Å². The summed E-state index contributed by atoms with van der Waals surface area (Å²) in [5.41, 5.74) is 5.63. The molecule has 1 fully saturated rings.